The summed E-state index contributed by atoms with van der Waals surface area (Å²) in [6.07, 6.45) is 2.75. The lowest BCUT2D eigenvalue weighted by atomic mass is 10.1. The summed E-state index contributed by atoms with van der Waals surface area (Å²) in [6, 6.07) is 9.06. The van der Waals surface area contributed by atoms with Crippen molar-refractivity contribution in [1.82, 2.24) is 18.9 Å². The van der Waals surface area contributed by atoms with E-state index in [0.717, 1.165) is 46.3 Å². The fourth-order valence-corrected chi connectivity index (χ4v) is 5.23. The van der Waals surface area contributed by atoms with Crippen molar-refractivity contribution in [3.8, 4) is 0 Å². The molecule has 5 rings (SSSR count). The molecule has 32 heavy (non-hydrogen) atoms. The van der Waals surface area contributed by atoms with E-state index in [2.05, 4.69) is 19.1 Å². The van der Waals surface area contributed by atoms with Crippen LogP contribution in [0.25, 0.3) is 21.9 Å². The third-order valence-corrected chi connectivity index (χ3v) is 7.01. The molecule has 1 N–H and O–H groups in total. The number of aromatic nitrogens is 4. The van der Waals surface area contributed by atoms with Crippen LogP contribution in [0.15, 0.2) is 63.0 Å². The van der Waals surface area contributed by atoms with Crippen molar-refractivity contribution in [3.05, 3.63) is 76.0 Å². The normalized spacial score (nSPS) is 11.9. The van der Waals surface area contributed by atoms with Gasteiger partial charge < -0.3 is 4.42 Å². The summed E-state index contributed by atoms with van der Waals surface area (Å²) in [5, 5.41) is 1.90. The zero-order chi connectivity index (χ0) is 22.5. The topological polar surface area (TPSA) is 120 Å². The van der Waals surface area contributed by atoms with Gasteiger partial charge in [-0.25, -0.2) is 27.6 Å². The van der Waals surface area contributed by atoms with E-state index < -0.39 is 26.5 Å². The van der Waals surface area contributed by atoms with Crippen LogP contribution in [-0.2, 0) is 16.6 Å². The van der Waals surface area contributed by atoms with Gasteiger partial charge in [-0.3, -0.25) is 9.29 Å². The largest absolute Gasteiger partial charge is 0.420 e. The third kappa shape index (κ3) is 3.61. The highest BCUT2D eigenvalue weighted by atomic mass is 35.5. The minimum absolute atomic E-state index is 0.0202. The third-order valence-electron chi connectivity index (χ3n) is 4.74. The molecule has 0 amide bonds. The van der Waals surface area contributed by atoms with Gasteiger partial charge in [0.15, 0.2) is 5.58 Å². The van der Waals surface area contributed by atoms with Crippen molar-refractivity contribution >= 4 is 60.2 Å². The summed E-state index contributed by atoms with van der Waals surface area (Å²) >= 11 is 6.75. The Labute approximate surface area is 188 Å². The van der Waals surface area contributed by atoms with Crippen LogP contribution in [0.2, 0.25) is 5.15 Å². The van der Waals surface area contributed by atoms with E-state index in [9.17, 15) is 17.6 Å². The lowest BCUT2D eigenvalue weighted by Crippen LogP contribution is -2.16. The number of fused-ring (bicyclic) bond motifs is 2. The quantitative estimate of drug-likeness (QED) is 0.373. The molecule has 0 unspecified atom stereocenters. The molecule has 9 nitrogen and oxygen atoms in total. The van der Waals surface area contributed by atoms with Crippen molar-refractivity contribution in [1.29, 1.82) is 0 Å². The number of anilines is 1. The molecule has 162 valence electrons. The Morgan fingerprint density at radius 3 is 2.84 bits per heavy atom. The van der Waals surface area contributed by atoms with E-state index in [1.54, 1.807) is 24.4 Å². The molecular formula is C19H11ClFN5O4S2. The van der Waals surface area contributed by atoms with Gasteiger partial charge in [-0.1, -0.05) is 29.8 Å². The number of pyridine rings is 1. The molecule has 0 saturated heterocycles. The van der Waals surface area contributed by atoms with Crippen LogP contribution < -0.4 is 10.5 Å². The lowest BCUT2D eigenvalue weighted by Gasteiger charge is -2.08. The number of nitrogens with zero attached hydrogens (tertiary/aromatic N) is 4. The van der Waals surface area contributed by atoms with Crippen molar-refractivity contribution in [2.75, 3.05) is 4.72 Å². The summed E-state index contributed by atoms with van der Waals surface area (Å²) in [4.78, 5) is 19.6. The molecule has 0 bridgehead atoms. The molecule has 0 fully saturated rings. The SMILES string of the molecule is O=c1oc2cc(S(=O)(=O)Nc3ncns3)c(F)cc2n1Cc1cccc2cc(Cl)ncc12. The summed E-state index contributed by atoms with van der Waals surface area (Å²) < 4.78 is 52.2. The average molecular weight is 492 g/mol. The first-order chi connectivity index (χ1) is 15.3. The minimum Gasteiger partial charge on any atom is -0.408 e. The van der Waals surface area contributed by atoms with Gasteiger partial charge in [0.05, 0.1) is 12.1 Å². The first-order valence-electron chi connectivity index (χ1n) is 8.97. The van der Waals surface area contributed by atoms with Crippen molar-refractivity contribution in [2.45, 2.75) is 11.4 Å². The van der Waals surface area contributed by atoms with E-state index >= 15 is 0 Å². The second kappa shape index (κ2) is 7.65. The number of hydrogen-bond acceptors (Lipinski definition) is 8. The molecule has 0 atom stereocenters. The predicted octanol–water partition coefficient (Wildman–Crippen LogP) is 3.64. The second-order valence-corrected chi connectivity index (χ2v) is 9.52. The summed E-state index contributed by atoms with van der Waals surface area (Å²) in [6.45, 7) is 0.0566. The van der Waals surface area contributed by atoms with E-state index in [1.165, 1.54) is 4.57 Å². The monoisotopic (exact) mass is 491 g/mol. The Morgan fingerprint density at radius 1 is 1.22 bits per heavy atom. The molecule has 0 aliphatic heterocycles. The fourth-order valence-electron chi connectivity index (χ4n) is 3.32. The minimum atomic E-state index is -4.31. The van der Waals surface area contributed by atoms with E-state index in [-0.39, 0.29) is 22.8 Å². The molecule has 2 aromatic carbocycles. The van der Waals surface area contributed by atoms with Crippen LogP contribution in [0.3, 0.4) is 0 Å². The van der Waals surface area contributed by atoms with Gasteiger partial charge in [-0.15, -0.1) is 0 Å². The Balaban J connectivity index is 1.59. The first-order valence-corrected chi connectivity index (χ1v) is 11.6. The molecule has 0 aliphatic carbocycles. The predicted molar refractivity (Wildman–Crippen MR) is 117 cm³/mol. The van der Waals surface area contributed by atoms with Crippen molar-refractivity contribution in [2.24, 2.45) is 0 Å². The maximum Gasteiger partial charge on any atom is 0.420 e. The number of benzene rings is 2. The Hall–Kier alpha value is -3.35. The first kappa shape index (κ1) is 20.5. The highest BCUT2D eigenvalue weighted by Gasteiger charge is 2.24. The number of nitrogens with one attached hydrogen (secondary N) is 1. The fraction of sp³-hybridized carbons (Fsp3) is 0.0526. The zero-order valence-electron chi connectivity index (χ0n) is 15.8. The van der Waals surface area contributed by atoms with Crippen LogP contribution in [0.5, 0.6) is 0 Å². The smallest absolute Gasteiger partial charge is 0.408 e. The summed E-state index contributed by atoms with van der Waals surface area (Å²) in [5.41, 5.74) is 0.767. The zero-order valence-corrected chi connectivity index (χ0v) is 18.2. The molecular weight excluding hydrogens is 481 g/mol. The van der Waals surface area contributed by atoms with Gasteiger partial charge in [0.1, 0.15) is 22.2 Å². The maximum absolute atomic E-state index is 14.8. The molecule has 3 aromatic heterocycles. The number of halogens is 2. The summed E-state index contributed by atoms with van der Waals surface area (Å²) in [7, 11) is -4.31. The van der Waals surface area contributed by atoms with Crippen LogP contribution in [-0.4, -0.2) is 27.3 Å². The van der Waals surface area contributed by atoms with Gasteiger partial charge in [0, 0.05) is 35.2 Å². The van der Waals surface area contributed by atoms with Gasteiger partial charge in [-0.05, 0) is 17.0 Å². The molecule has 0 spiro atoms. The maximum atomic E-state index is 14.8. The number of oxazole rings is 1. The Kier molecular flexibility index (Phi) is 4.92. The molecule has 13 heteroatoms. The van der Waals surface area contributed by atoms with E-state index in [0.29, 0.717) is 5.15 Å². The van der Waals surface area contributed by atoms with E-state index in [1.807, 2.05) is 6.07 Å². The number of sulfonamides is 1. The lowest BCUT2D eigenvalue weighted by molar-refractivity contribution is 0.517. The van der Waals surface area contributed by atoms with Gasteiger partial charge >= 0.3 is 5.76 Å². The molecule has 3 heterocycles. The van der Waals surface area contributed by atoms with Crippen molar-refractivity contribution in [3.63, 3.8) is 0 Å². The van der Waals surface area contributed by atoms with Gasteiger partial charge in [-0.2, -0.15) is 4.37 Å². The molecule has 0 saturated carbocycles. The van der Waals surface area contributed by atoms with Crippen LogP contribution in [0.4, 0.5) is 9.52 Å². The number of rotatable bonds is 5. The molecule has 0 radical (unpaired) electrons. The standard InChI is InChI=1S/C19H11ClFN5O4S2/c20-17-4-10-2-1-3-11(12(10)7-22-17)8-26-14-5-13(21)16(6-15(14)30-19(26)27)32(28,29)25-18-23-9-24-31-18/h1-7,9H,8H2,(H,23,24,25). The average Bonchev–Trinajstić information content (AvgIpc) is 3.35. The Bertz CT molecular complexity index is 1650. The van der Waals surface area contributed by atoms with Crippen LogP contribution >= 0.6 is 23.1 Å². The second-order valence-electron chi connectivity index (χ2n) is 6.70. The summed E-state index contributed by atoms with van der Waals surface area (Å²) in [5.74, 6) is -1.81. The van der Waals surface area contributed by atoms with Crippen LogP contribution in [0.1, 0.15) is 5.56 Å². The van der Waals surface area contributed by atoms with E-state index in [4.69, 9.17) is 16.0 Å². The highest BCUT2D eigenvalue weighted by Crippen LogP contribution is 2.26. The Morgan fingerprint density at radius 2 is 2.06 bits per heavy atom. The van der Waals surface area contributed by atoms with Crippen LogP contribution in [0, 0.1) is 5.82 Å². The van der Waals surface area contributed by atoms with Gasteiger partial charge in [0.2, 0.25) is 5.13 Å². The molecule has 5 aromatic rings. The van der Waals surface area contributed by atoms with Crippen molar-refractivity contribution < 1.29 is 17.2 Å². The number of hydrogen-bond donors (Lipinski definition) is 1. The molecule has 0 aliphatic rings. The van der Waals surface area contributed by atoms with Gasteiger partial charge in [0.25, 0.3) is 10.0 Å². The highest BCUT2D eigenvalue weighted by molar-refractivity contribution is 7.93.